The summed E-state index contributed by atoms with van der Waals surface area (Å²) in [6.07, 6.45) is 1.64. The average Bonchev–Trinajstić information content (AvgIpc) is 2.95. The largest absolute Gasteiger partial charge is 0.348 e. The van der Waals surface area contributed by atoms with Gasteiger partial charge in [-0.05, 0) is 31.2 Å². The number of aryl methyl sites for hydroxylation is 1. The molecule has 0 aliphatic heterocycles. The molecule has 2 N–H and O–H groups in total. The van der Waals surface area contributed by atoms with Gasteiger partial charge in [0.2, 0.25) is 0 Å². The fourth-order valence-corrected chi connectivity index (χ4v) is 3.24. The van der Waals surface area contributed by atoms with Crippen molar-refractivity contribution in [2.75, 3.05) is 4.72 Å². The Kier molecular flexibility index (Phi) is 3.68. The van der Waals surface area contributed by atoms with Crippen molar-refractivity contribution in [3.8, 4) is 11.3 Å². The predicted molar refractivity (Wildman–Crippen MR) is 86.0 cm³/mol. The number of aromatic amines is 1. The monoisotopic (exact) mass is 313 g/mol. The number of nitrogens with zero attached hydrogens (tertiary/aromatic N) is 1. The number of H-pyrrole nitrogens is 1. The van der Waals surface area contributed by atoms with Gasteiger partial charge in [-0.2, -0.15) is 0 Å². The lowest BCUT2D eigenvalue weighted by Gasteiger charge is -2.08. The summed E-state index contributed by atoms with van der Waals surface area (Å²) in [6, 6.07) is 15.4. The maximum Gasteiger partial charge on any atom is 0.261 e. The molecule has 0 unspecified atom stereocenters. The van der Waals surface area contributed by atoms with Gasteiger partial charge in [-0.3, -0.25) is 4.72 Å². The van der Waals surface area contributed by atoms with Crippen LogP contribution >= 0.6 is 0 Å². The zero-order valence-electron chi connectivity index (χ0n) is 11.9. The molecule has 0 saturated heterocycles. The Morgan fingerprint density at radius 1 is 1.00 bits per heavy atom. The van der Waals surface area contributed by atoms with Crippen LogP contribution in [0, 0.1) is 6.92 Å². The van der Waals surface area contributed by atoms with Crippen LogP contribution < -0.4 is 4.72 Å². The zero-order chi connectivity index (χ0) is 15.6. The van der Waals surface area contributed by atoms with Crippen LogP contribution in [-0.4, -0.2) is 18.4 Å². The third-order valence-corrected chi connectivity index (χ3v) is 4.69. The number of hydrogen-bond acceptors (Lipinski definition) is 3. The molecule has 0 aliphatic rings. The number of anilines is 1. The van der Waals surface area contributed by atoms with Crippen LogP contribution in [0.1, 0.15) is 5.69 Å². The third kappa shape index (κ3) is 2.87. The van der Waals surface area contributed by atoms with Crippen LogP contribution in [0.15, 0.2) is 65.8 Å². The molecule has 0 fully saturated rings. The van der Waals surface area contributed by atoms with Gasteiger partial charge in [0.25, 0.3) is 10.0 Å². The van der Waals surface area contributed by atoms with Crippen LogP contribution in [0.3, 0.4) is 0 Å². The lowest BCUT2D eigenvalue weighted by Crippen LogP contribution is -2.12. The molecule has 0 saturated carbocycles. The van der Waals surface area contributed by atoms with Crippen molar-refractivity contribution >= 4 is 15.7 Å². The summed E-state index contributed by atoms with van der Waals surface area (Å²) in [4.78, 5) is 7.50. The van der Waals surface area contributed by atoms with E-state index in [-0.39, 0.29) is 4.90 Å². The highest BCUT2D eigenvalue weighted by Crippen LogP contribution is 2.23. The van der Waals surface area contributed by atoms with Crippen molar-refractivity contribution in [1.29, 1.82) is 0 Å². The van der Waals surface area contributed by atoms with Gasteiger partial charge < -0.3 is 4.98 Å². The van der Waals surface area contributed by atoms with E-state index in [0.29, 0.717) is 5.69 Å². The molecule has 0 radical (unpaired) electrons. The Bertz CT molecular complexity index is 869. The molecule has 5 nitrogen and oxygen atoms in total. The van der Waals surface area contributed by atoms with Crippen LogP contribution in [0.5, 0.6) is 0 Å². The van der Waals surface area contributed by atoms with Gasteiger partial charge in [-0.15, -0.1) is 0 Å². The SMILES string of the molecule is Cc1[nH]cnc1-c1ccc(NS(=O)(=O)c2ccccc2)cc1. The summed E-state index contributed by atoms with van der Waals surface area (Å²) < 4.78 is 27.0. The first-order valence-corrected chi connectivity index (χ1v) is 8.23. The van der Waals surface area contributed by atoms with Crippen molar-refractivity contribution in [3.63, 3.8) is 0 Å². The molecule has 1 heterocycles. The molecule has 3 rings (SSSR count). The molecule has 22 heavy (non-hydrogen) atoms. The highest BCUT2D eigenvalue weighted by molar-refractivity contribution is 7.92. The van der Waals surface area contributed by atoms with E-state index in [4.69, 9.17) is 0 Å². The second-order valence-corrected chi connectivity index (χ2v) is 6.55. The number of benzene rings is 2. The molecule has 0 bridgehead atoms. The molecule has 3 aromatic rings. The summed E-state index contributed by atoms with van der Waals surface area (Å²) in [5.74, 6) is 0. The lowest BCUT2D eigenvalue weighted by atomic mass is 10.1. The van der Waals surface area contributed by atoms with E-state index in [9.17, 15) is 8.42 Å². The summed E-state index contributed by atoms with van der Waals surface area (Å²) in [6.45, 7) is 1.94. The van der Waals surface area contributed by atoms with Gasteiger partial charge >= 0.3 is 0 Å². The normalized spacial score (nSPS) is 11.3. The highest BCUT2D eigenvalue weighted by atomic mass is 32.2. The summed E-state index contributed by atoms with van der Waals surface area (Å²) >= 11 is 0. The lowest BCUT2D eigenvalue weighted by molar-refractivity contribution is 0.601. The van der Waals surface area contributed by atoms with Crippen molar-refractivity contribution in [1.82, 2.24) is 9.97 Å². The van der Waals surface area contributed by atoms with E-state index in [1.54, 1.807) is 48.8 Å². The molecule has 0 aliphatic carbocycles. The Morgan fingerprint density at radius 3 is 2.27 bits per heavy atom. The molecule has 2 aromatic carbocycles. The average molecular weight is 313 g/mol. The number of sulfonamides is 1. The molecular weight excluding hydrogens is 298 g/mol. The minimum absolute atomic E-state index is 0.238. The minimum atomic E-state index is -3.56. The van der Waals surface area contributed by atoms with Gasteiger partial charge in [0.05, 0.1) is 16.9 Å². The number of aromatic nitrogens is 2. The molecule has 0 amide bonds. The second kappa shape index (κ2) is 5.65. The van der Waals surface area contributed by atoms with E-state index in [2.05, 4.69) is 14.7 Å². The summed E-state index contributed by atoms with van der Waals surface area (Å²) in [5.41, 5.74) is 3.28. The number of imidazole rings is 1. The van der Waals surface area contributed by atoms with Crippen molar-refractivity contribution in [2.24, 2.45) is 0 Å². The number of rotatable bonds is 4. The molecule has 0 spiro atoms. The third-order valence-electron chi connectivity index (χ3n) is 3.29. The van der Waals surface area contributed by atoms with E-state index in [0.717, 1.165) is 17.0 Å². The van der Waals surface area contributed by atoms with E-state index >= 15 is 0 Å². The highest BCUT2D eigenvalue weighted by Gasteiger charge is 2.13. The molecular formula is C16H15N3O2S. The predicted octanol–water partition coefficient (Wildman–Crippen LogP) is 3.19. The van der Waals surface area contributed by atoms with Crippen molar-refractivity contribution < 1.29 is 8.42 Å². The quantitative estimate of drug-likeness (QED) is 0.777. The zero-order valence-corrected chi connectivity index (χ0v) is 12.8. The standard InChI is InChI=1S/C16H15N3O2S/c1-12-16(18-11-17-12)13-7-9-14(10-8-13)19-22(20,21)15-5-3-2-4-6-15/h2-11,19H,1H3,(H,17,18). The molecule has 112 valence electrons. The number of hydrogen-bond donors (Lipinski definition) is 2. The van der Waals surface area contributed by atoms with Gasteiger partial charge in [0, 0.05) is 16.9 Å². The molecule has 6 heteroatoms. The van der Waals surface area contributed by atoms with E-state index in [1.165, 1.54) is 0 Å². The Balaban J connectivity index is 1.84. The van der Waals surface area contributed by atoms with Crippen LogP contribution in [0.2, 0.25) is 0 Å². The van der Waals surface area contributed by atoms with Crippen LogP contribution in [0.4, 0.5) is 5.69 Å². The summed E-state index contributed by atoms with van der Waals surface area (Å²) in [7, 11) is -3.56. The maximum absolute atomic E-state index is 12.2. The Hall–Kier alpha value is -2.60. The van der Waals surface area contributed by atoms with Gasteiger partial charge in [0.1, 0.15) is 0 Å². The summed E-state index contributed by atoms with van der Waals surface area (Å²) in [5, 5.41) is 0. The Labute approximate surface area is 129 Å². The smallest absolute Gasteiger partial charge is 0.261 e. The van der Waals surface area contributed by atoms with E-state index in [1.807, 2.05) is 19.1 Å². The first-order chi connectivity index (χ1) is 10.6. The first kappa shape index (κ1) is 14.3. The number of nitrogens with one attached hydrogen (secondary N) is 2. The molecule has 1 aromatic heterocycles. The van der Waals surface area contributed by atoms with Crippen molar-refractivity contribution in [2.45, 2.75) is 11.8 Å². The topological polar surface area (TPSA) is 74.8 Å². The van der Waals surface area contributed by atoms with Gasteiger partial charge in [-0.1, -0.05) is 30.3 Å². The molecule has 0 atom stereocenters. The first-order valence-electron chi connectivity index (χ1n) is 6.74. The van der Waals surface area contributed by atoms with Crippen LogP contribution in [0.25, 0.3) is 11.3 Å². The van der Waals surface area contributed by atoms with Crippen LogP contribution in [-0.2, 0) is 10.0 Å². The Morgan fingerprint density at radius 2 is 1.68 bits per heavy atom. The van der Waals surface area contributed by atoms with E-state index < -0.39 is 10.0 Å². The van der Waals surface area contributed by atoms with Gasteiger partial charge in [-0.25, -0.2) is 13.4 Å². The second-order valence-electron chi connectivity index (χ2n) is 4.87. The fraction of sp³-hybridized carbons (Fsp3) is 0.0625. The van der Waals surface area contributed by atoms with Gasteiger partial charge in [0.15, 0.2) is 0 Å². The fourth-order valence-electron chi connectivity index (χ4n) is 2.16. The minimum Gasteiger partial charge on any atom is -0.348 e. The van der Waals surface area contributed by atoms with Crippen molar-refractivity contribution in [3.05, 3.63) is 66.6 Å². The maximum atomic E-state index is 12.2.